The quantitative estimate of drug-likeness (QED) is 0.850. The average molecular weight is 356 g/mol. The van der Waals surface area contributed by atoms with Gasteiger partial charge in [-0.15, -0.1) is 0 Å². The second-order valence-corrected chi connectivity index (χ2v) is 9.06. The van der Waals surface area contributed by atoms with Gasteiger partial charge in [0.1, 0.15) is 0 Å². The molecule has 2 aliphatic heterocycles. The molecular formula is C15H24N4O4S. The third-order valence-corrected chi connectivity index (χ3v) is 6.34. The minimum Gasteiger partial charge on any atom is -0.373 e. The zero-order chi connectivity index (χ0) is 17.4. The topological polar surface area (TPSA) is 93.5 Å². The molecule has 3 heterocycles. The summed E-state index contributed by atoms with van der Waals surface area (Å²) in [6, 6.07) is -0.759. The van der Waals surface area contributed by atoms with Crippen LogP contribution in [0.1, 0.15) is 31.4 Å². The molecule has 9 heteroatoms. The van der Waals surface area contributed by atoms with E-state index in [2.05, 4.69) is 10.4 Å². The van der Waals surface area contributed by atoms with Gasteiger partial charge in [-0.25, -0.2) is 13.2 Å². The Labute approximate surface area is 142 Å². The molecule has 8 nitrogen and oxygen atoms in total. The van der Waals surface area contributed by atoms with E-state index in [9.17, 15) is 13.2 Å². The summed E-state index contributed by atoms with van der Waals surface area (Å²) >= 11 is 0. The molecule has 1 aromatic heterocycles. The molecular weight excluding hydrogens is 332 g/mol. The Morgan fingerprint density at radius 2 is 2.33 bits per heavy atom. The number of sulfone groups is 1. The van der Waals surface area contributed by atoms with Crippen molar-refractivity contribution in [2.45, 2.75) is 31.4 Å². The first kappa shape index (κ1) is 17.2. The molecule has 2 amide bonds. The molecule has 1 N–H and O–H groups in total. The second-order valence-electron chi connectivity index (χ2n) is 6.83. The Kier molecular flexibility index (Phi) is 4.56. The molecule has 24 heavy (non-hydrogen) atoms. The van der Waals surface area contributed by atoms with Crippen LogP contribution in [0.25, 0.3) is 0 Å². The fraction of sp³-hybridized carbons (Fsp3) is 0.733. The van der Waals surface area contributed by atoms with Crippen molar-refractivity contribution in [1.29, 1.82) is 0 Å². The number of hydrogen-bond acceptors (Lipinski definition) is 5. The third kappa shape index (κ3) is 3.72. The van der Waals surface area contributed by atoms with Crippen LogP contribution in [0.15, 0.2) is 12.4 Å². The lowest BCUT2D eigenvalue weighted by Gasteiger charge is -2.36. The van der Waals surface area contributed by atoms with Crippen molar-refractivity contribution in [2.24, 2.45) is 7.05 Å². The molecule has 0 spiro atoms. The summed E-state index contributed by atoms with van der Waals surface area (Å²) in [5, 5.41) is 7.01. The standard InChI is InChI=1S/C15H24N4O4S/c1-15(4-3-6-23-15)11-16-14(20)19-5-7-24(21,22)10-13(19)12-8-17-18(2)9-12/h8-9,13H,3-7,10-11H2,1-2H3,(H,16,20)/t13-,15+/m1/s1. The summed E-state index contributed by atoms with van der Waals surface area (Å²) in [6.07, 6.45) is 5.28. The van der Waals surface area contributed by atoms with Crippen LogP contribution in [0.5, 0.6) is 0 Å². The lowest BCUT2D eigenvalue weighted by atomic mass is 10.0. The molecule has 0 aliphatic carbocycles. The fourth-order valence-corrected chi connectivity index (χ4v) is 4.77. The molecule has 2 atom stereocenters. The Morgan fingerprint density at radius 1 is 1.54 bits per heavy atom. The Morgan fingerprint density at radius 3 is 2.96 bits per heavy atom. The van der Waals surface area contributed by atoms with Crippen LogP contribution in [0, 0.1) is 0 Å². The summed E-state index contributed by atoms with van der Waals surface area (Å²) in [7, 11) is -1.40. The van der Waals surface area contributed by atoms with Gasteiger partial charge in [0.05, 0.1) is 29.3 Å². The van der Waals surface area contributed by atoms with Crippen molar-refractivity contribution in [3.63, 3.8) is 0 Å². The van der Waals surface area contributed by atoms with Gasteiger partial charge in [-0.05, 0) is 19.8 Å². The highest BCUT2D eigenvalue weighted by molar-refractivity contribution is 7.91. The van der Waals surface area contributed by atoms with Crippen molar-refractivity contribution in [2.75, 3.05) is 31.2 Å². The number of carbonyl (C=O) groups is 1. The molecule has 2 saturated heterocycles. The summed E-state index contributed by atoms with van der Waals surface area (Å²) in [4.78, 5) is 14.2. The number of amides is 2. The van der Waals surface area contributed by atoms with Gasteiger partial charge in [0.25, 0.3) is 0 Å². The van der Waals surface area contributed by atoms with Gasteiger partial charge in [0.2, 0.25) is 0 Å². The molecule has 2 aliphatic rings. The lowest BCUT2D eigenvalue weighted by Crippen LogP contribution is -2.52. The van der Waals surface area contributed by atoms with Gasteiger partial charge in [0, 0.05) is 38.5 Å². The van der Waals surface area contributed by atoms with Gasteiger partial charge < -0.3 is 15.0 Å². The van der Waals surface area contributed by atoms with E-state index in [0.29, 0.717) is 13.2 Å². The number of aryl methyl sites for hydroxylation is 1. The van der Waals surface area contributed by atoms with Crippen molar-refractivity contribution in [3.05, 3.63) is 18.0 Å². The minimum atomic E-state index is -3.16. The highest BCUT2D eigenvalue weighted by atomic mass is 32.2. The number of nitrogens with one attached hydrogen (secondary N) is 1. The molecule has 0 saturated carbocycles. The highest BCUT2D eigenvalue weighted by Crippen LogP contribution is 2.27. The maximum absolute atomic E-state index is 12.6. The van der Waals surface area contributed by atoms with Crippen LogP contribution in [0.4, 0.5) is 4.79 Å². The van der Waals surface area contributed by atoms with Crippen LogP contribution in [0.2, 0.25) is 0 Å². The predicted octanol–water partition coefficient (Wildman–Crippen LogP) is 0.470. The number of urea groups is 1. The summed E-state index contributed by atoms with van der Waals surface area (Å²) in [5.41, 5.74) is 0.403. The maximum atomic E-state index is 12.6. The first-order valence-corrected chi connectivity index (χ1v) is 9.98. The van der Waals surface area contributed by atoms with Crippen molar-refractivity contribution < 1.29 is 17.9 Å². The molecule has 2 fully saturated rings. The molecule has 1 aromatic rings. The Bertz CT molecular complexity index is 709. The Hall–Kier alpha value is -1.61. The van der Waals surface area contributed by atoms with E-state index in [-0.39, 0.29) is 29.7 Å². The van der Waals surface area contributed by atoms with Crippen LogP contribution >= 0.6 is 0 Å². The van der Waals surface area contributed by atoms with E-state index in [1.165, 1.54) is 0 Å². The Balaban J connectivity index is 1.72. The third-order valence-electron chi connectivity index (χ3n) is 4.72. The predicted molar refractivity (Wildman–Crippen MR) is 88.3 cm³/mol. The average Bonchev–Trinajstić information content (AvgIpc) is 3.13. The number of hydrogen-bond donors (Lipinski definition) is 1. The molecule has 134 valence electrons. The monoisotopic (exact) mass is 356 g/mol. The van der Waals surface area contributed by atoms with E-state index >= 15 is 0 Å². The van der Waals surface area contributed by atoms with Crippen molar-refractivity contribution >= 4 is 15.9 Å². The summed E-state index contributed by atoms with van der Waals surface area (Å²) < 4.78 is 31.3. The van der Waals surface area contributed by atoms with Crippen LogP contribution in [-0.4, -0.2) is 65.9 Å². The van der Waals surface area contributed by atoms with Gasteiger partial charge in [0.15, 0.2) is 9.84 Å². The SMILES string of the molecule is Cn1cc([C@H]2CS(=O)(=O)CCN2C(=O)NC[C@]2(C)CCCO2)cn1. The minimum absolute atomic E-state index is 0.00898. The summed E-state index contributed by atoms with van der Waals surface area (Å²) in [5.74, 6) is -0.0785. The van der Waals surface area contributed by atoms with E-state index in [1.54, 1.807) is 29.0 Å². The first-order valence-electron chi connectivity index (χ1n) is 8.15. The second kappa shape index (κ2) is 6.36. The molecule has 0 radical (unpaired) electrons. The largest absolute Gasteiger partial charge is 0.373 e. The van der Waals surface area contributed by atoms with E-state index in [1.807, 2.05) is 6.92 Å². The smallest absolute Gasteiger partial charge is 0.318 e. The normalized spacial score (nSPS) is 29.6. The molecule has 3 rings (SSSR count). The van der Waals surface area contributed by atoms with Crippen LogP contribution < -0.4 is 5.32 Å². The molecule has 0 unspecified atom stereocenters. The number of rotatable bonds is 3. The zero-order valence-electron chi connectivity index (χ0n) is 14.1. The van der Waals surface area contributed by atoms with Gasteiger partial charge in [-0.2, -0.15) is 5.10 Å². The number of ether oxygens (including phenoxy) is 1. The lowest BCUT2D eigenvalue weighted by molar-refractivity contribution is 0.0215. The number of nitrogens with zero attached hydrogens (tertiary/aromatic N) is 3. The zero-order valence-corrected chi connectivity index (χ0v) is 14.9. The first-order chi connectivity index (χ1) is 11.3. The van der Waals surface area contributed by atoms with Crippen molar-refractivity contribution in [1.82, 2.24) is 20.0 Å². The van der Waals surface area contributed by atoms with Crippen LogP contribution in [0.3, 0.4) is 0 Å². The van der Waals surface area contributed by atoms with Gasteiger partial charge >= 0.3 is 6.03 Å². The highest BCUT2D eigenvalue weighted by Gasteiger charge is 2.37. The van der Waals surface area contributed by atoms with E-state index in [0.717, 1.165) is 18.4 Å². The molecule has 0 aromatic carbocycles. The maximum Gasteiger partial charge on any atom is 0.318 e. The van der Waals surface area contributed by atoms with E-state index in [4.69, 9.17) is 4.74 Å². The van der Waals surface area contributed by atoms with Gasteiger partial charge in [-0.3, -0.25) is 4.68 Å². The number of aromatic nitrogens is 2. The van der Waals surface area contributed by atoms with Crippen LogP contribution in [-0.2, 0) is 21.6 Å². The van der Waals surface area contributed by atoms with Gasteiger partial charge in [-0.1, -0.05) is 0 Å². The number of carbonyl (C=O) groups excluding carboxylic acids is 1. The van der Waals surface area contributed by atoms with Crippen molar-refractivity contribution in [3.8, 4) is 0 Å². The summed E-state index contributed by atoms with van der Waals surface area (Å²) in [6.45, 7) is 3.31. The molecule has 0 bridgehead atoms. The fourth-order valence-electron chi connectivity index (χ4n) is 3.28. The van der Waals surface area contributed by atoms with E-state index < -0.39 is 15.9 Å².